The second-order valence-corrected chi connectivity index (χ2v) is 8.22. The largest absolute Gasteiger partial charge is 0.493 e. The molecule has 1 amide bonds. The van der Waals surface area contributed by atoms with Crippen molar-refractivity contribution >= 4 is 22.7 Å². The second-order valence-electron chi connectivity index (χ2n) is 8.22. The molecular weight excluding hydrogens is 523 g/mol. The third-order valence-corrected chi connectivity index (χ3v) is 5.65. The Morgan fingerprint density at radius 1 is 0.975 bits per heavy atom. The SMILES string of the molecule is C=CCn1cc(OC(=O)Nc2ccc(Oc3ccnc4cc(OC)c(OC)cc34)c(F)c2)c(=O)n(CC=C)c1=O. The maximum atomic E-state index is 15.0. The van der Waals surface area contributed by atoms with Gasteiger partial charge in [-0.25, -0.2) is 14.0 Å². The maximum absolute atomic E-state index is 15.0. The van der Waals surface area contributed by atoms with E-state index in [1.54, 1.807) is 18.2 Å². The van der Waals surface area contributed by atoms with Crippen LogP contribution in [0.1, 0.15) is 0 Å². The fraction of sp³-hybridized carbons (Fsp3) is 0.143. The van der Waals surface area contributed by atoms with Crippen LogP contribution in [0, 0.1) is 5.82 Å². The highest BCUT2D eigenvalue weighted by Gasteiger charge is 2.17. The molecule has 0 saturated heterocycles. The molecule has 206 valence electrons. The van der Waals surface area contributed by atoms with Gasteiger partial charge in [0, 0.05) is 42.5 Å². The van der Waals surface area contributed by atoms with Gasteiger partial charge in [-0.15, -0.1) is 13.2 Å². The summed E-state index contributed by atoms with van der Waals surface area (Å²) in [5, 5.41) is 2.91. The molecule has 0 aliphatic carbocycles. The van der Waals surface area contributed by atoms with Gasteiger partial charge in [-0.1, -0.05) is 12.2 Å². The third kappa shape index (κ3) is 5.70. The van der Waals surface area contributed by atoms with Crippen LogP contribution in [0.5, 0.6) is 28.7 Å². The molecule has 1 N–H and O–H groups in total. The number of hydrogen-bond acceptors (Lipinski definition) is 8. The Hall–Kier alpha value is -5.39. The lowest BCUT2D eigenvalue weighted by molar-refractivity contribution is 0.213. The molecule has 0 spiro atoms. The van der Waals surface area contributed by atoms with Crippen molar-refractivity contribution in [3.05, 3.63) is 101 Å². The Labute approximate surface area is 227 Å². The van der Waals surface area contributed by atoms with Gasteiger partial charge in [-0.05, 0) is 24.3 Å². The van der Waals surface area contributed by atoms with Gasteiger partial charge in [-0.2, -0.15) is 0 Å². The van der Waals surface area contributed by atoms with E-state index >= 15 is 0 Å². The number of benzene rings is 2. The zero-order valence-electron chi connectivity index (χ0n) is 21.7. The molecule has 2 heterocycles. The van der Waals surface area contributed by atoms with Crippen molar-refractivity contribution in [2.45, 2.75) is 13.1 Å². The van der Waals surface area contributed by atoms with E-state index in [1.807, 2.05) is 0 Å². The number of nitrogens with zero attached hydrogens (tertiary/aromatic N) is 3. The van der Waals surface area contributed by atoms with Crippen LogP contribution < -0.4 is 35.5 Å². The number of halogens is 1. The summed E-state index contributed by atoms with van der Waals surface area (Å²) >= 11 is 0. The van der Waals surface area contributed by atoms with Gasteiger partial charge in [0.05, 0.1) is 25.9 Å². The van der Waals surface area contributed by atoms with E-state index in [2.05, 4.69) is 23.5 Å². The molecule has 0 atom stereocenters. The highest BCUT2D eigenvalue weighted by Crippen LogP contribution is 2.37. The number of allylic oxidation sites excluding steroid dienone is 2. The lowest BCUT2D eigenvalue weighted by Crippen LogP contribution is -2.40. The Morgan fingerprint density at radius 3 is 2.38 bits per heavy atom. The van der Waals surface area contributed by atoms with Crippen LogP contribution in [-0.4, -0.2) is 34.4 Å². The normalized spacial score (nSPS) is 10.6. The number of nitrogens with one attached hydrogen (secondary N) is 1. The number of aromatic nitrogens is 3. The molecule has 0 saturated carbocycles. The average Bonchev–Trinajstić information content (AvgIpc) is 2.94. The van der Waals surface area contributed by atoms with Crippen molar-refractivity contribution < 1.29 is 28.1 Å². The van der Waals surface area contributed by atoms with Crippen LogP contribution in [0.15, 0.2) is 83.7 Å². The molecule has 40 heavy (non-hydrogen) atoms. The lowest BCUT2D eigenvalue weighted by atomic mass is 10.2. The van der Waals surface area contributed by atoms with E-state index in [-0.39, 0.29) is 24.5 Å². The van der Waals surface area contributed by atoms with Crippen molar-refractivity contribution in [1.82, 2.24) is 14.1 Å². The van der Waals surface area contributed by atoms with Crippen LogP contribution in [0.3, 0.4) is 0 Å². The number of ether oxygens (including phenoxy) is 4. The van der Waals surface area contributed by atoms with E-state index in [4.69, 9.17) is 18.9 Å². The number of amides is 1. The van der Waals surface area contributed by atoms with Gasteiger partial charge in [0.1, 0.15) is 5.75 Å². The summed E-state index contributed by atoms with van der Waals surface area (Å²) < 4.78 is 38.6. The van der Waals surface area contributed by atoms with E-state index in [1.165, 1.54) is 44.7 Å². The molecule has 2 aromatic carbocycles. The van der Waals surface area contributed by atoms with E-state index in [9.17, 15) is 18.8 Å². The molecule has 0 radical (unpaired) electrons. The summed E-state index contributed by atoms with van der Waals surface area (Å²) in [5.41, 5.74) is -0.862. The third-order valence-electron chi connectivity index (χ3n) is 5.65. The molecule has 11 nitrogen and oxygen atoms in total. The van der Waals surface area contributed by atoms with E-state index < -0.39 is 28.9 Å². The molecule has 0 bridgehead atoms. The van der Waals surface area contributed by atoms with E-state index in [0.717, 1.165) is 21.4 Å². The standard InChI is InChI=1S/C28H25FN4O7/c1-5-11-32-16-25(26(34)33(12-6-2)28(32)36)40-27(35)31-17-7-8-22(19(29)13-17)39-21-9-10-30-20-15-24(38-4)23(37-3)14-18(20)21/h5-10,13-16H,1-2,11-12H2,3-4H3,(H,31,35). The number of carbonyl (C=O) groups is 1. The van der Waals surface area contributed by atoms with Gasteiger partial charge < -0.3 is 18.9 Å². The van der Waals surface area contributed by atoms with Crippen molar-refractivity contribution in [1.29, 1.82) is 0 Å². The molecular formula is C28H25FN4O7. The number of fused-ring (bicyclic) bond motifs is 1. The first-order valence-corrected chi connectivity index (χ1v) is 11.8. The summed E-state index contributed by atoms with van der Waals surface area (Å²) in [4.78, 5) is 41.9. The predicted octanol–water partition coefficient (Wildman–Crippen LogP) is 4.49. The second kappa shape index (κ2) is 12.0. The minimum absolute atomic E-state index is 0.0340. The number of anilines is 1. The predicted molar refractivity (Wildman–Crippen MR) is 146 cm³/mol. The number of hydrogen-bond donors (Lipinski definition) is 1. The summed E-state index contributed by atoms with van der Waals surface area (Å²) in [7, 11) is 3.00. The Bertz CT molecular complexity index is 1730. The zero-order valence-corrected chi connectivity index (χ0v) is 21.7. The first-order chi connectivity index (χ1) is 19.3. The summed E-state index contributed by atoms with van der Waals surface area (Å²) in [6.45, 7) is 7.08. The fourth-order valence-corrected chi connectivity index (χ4v) is 3.82. The Balaban J connectivity index is 1.55. The number of carbonyl (C=O) groups excluding carboxylic acids is 1. The zero-order chi connectivity index (χ0) is 28.8. The number of rotatable bonds is 10. The highest BCUT2D eigenvalue weighted by molar-refractivity contribution is 5.88. The van der Waals surface area contributed by atoms with Crippen LogP contribution in [0.2, 0.25) is 0 Å². The lowest BCUT2D eigenvalue weighted by Gasteiger charge is -2.13. The minimum Gasteiger partial charge on any atom is -0.493 e. The van der Waals surface area contributed by atoms with Crippen LogP contribution in [-0.2, 0) is 13.1 Å². The van der Waals surface area contributed by atoms with Crippen molar-refractivity contribution in [3.63, 3.8) is 0 Å². The molecule has 0 unspecified atom stereocenters. The summed E-state index contributed by atoms with van der Waals surface area (Å²) in [6.07, 6.45) is 4.35. The van der Waals surface area contributed by atoms with Gasteiger partial charge in [0.2, 0.25) is 5.75 Å². The monoisotopic (exact) mass is 548 g/mol. The van der Waals surface area contributed by atoms with Crippen molar-refractivity contribution in [3.8, 4) is 28.7 Å². The molecule has 4 rings (SSSR count). The summed E-state index contributed by atoms with van der Waals surface area (Å²) in [6, 6.07) is 8.65. The van der Waals surface area contributed by atoms with Crippen LogP contribution >= 0.6 is 0 Å². The molecule has 0 aliphatic rings. The van der Waals surface area contributed by atoms with Gasteiger partial charge in [-0.3, -0.25) is 24.2 Å². The number of methoxy groups -OCH3 is 2. The molecule has 4 aromatic rings. The molecule has 12 heteroatoms. The van der Waals surface area contributed by atoms with Gasteiger partial charge in [0.15, 0.2) is 23.1 Å². The first-order valence-electron chi connectivity index (χ1n) is 11.8. The highest BCUT2D eigenvalue weighted by atomic mass is 19.1. The Morgan fingerprint density at radius 2 is 1.70 bits per heavy atom. The minimum atomic E-state index is -1.07. The molecule has 0 aliphatic heterocycles. The van der Waals surface area contributed by atoms with Crippen molar-refractivity contribution in [2.75, 3.05) is 19.5 Å². The van der Waals surface area contributed by atoms with Crippen molar-refractivity contribution in [2.24, 2.45) is 0 Å². The Kier molecular flexibility index (Phi) is 8.28. The fourth-order valence-electron chi connectivity index (χ4n) is 3.82. The molecule has 2 aromatic heterocycles. The topological polar surface area (TPSA) is 123 Å². The number of pyridine rings is 1. The van der Waals surface area contributed by atoms with Crippen LogP contribution in [0.25, 0.3) is 10.9 Å². The van der Waals surface area contributed by atoms with E-state index in [0.29, 0.717) is 28.2 Å². The molecule has 0 fully saturated rings. The quantitative estimate of drug-likeness (QED) is 0.288. The van der Waals surface area contributed by atoms with Gasteiger partial charge >= 0.3 is 11.8 Å². The maximum Gasteiger partial charge on any atom is 0.417 e. The van der Waals surface area contributed by atoms with Crippen LogP contribution in [0.4, 0.5) is 14.9 Å². The average molecular weight is 549 g/mol. The summed E-state index contributed by atoms with van der Waals surface area (Å²) in [5.74, 6) is -0.0656. The first kappa shape index (κ1) is 27.6. The smallest absolute Gasteiger partial charge is 0.417 e. The van der Waals surface area contributed by atoms with Gasteiger partial charge in [0.25, 0.3) is 5.56 Å².